The molecule has 0 N–H and O–H groups in total. The van der Waals surface area contributed by atoms with Crippen molar-refractivity contribution in [2.24, 2.45) is 5.92 Å². The summed E-state index contributed by atoms with van der Waals surface area (Å²) in [4.78, 5) is 9.22. The molecule has 0 unspecified atom stereocenters. The van der Waals surface area contributed by atoms with Gasteiger partial charge in [-0.2, -0.15) is 0 Å². The number of para-hydroxylation sites is 1. The molecule has 0 saturated heterocycles. The van der Waals surface area contributed by atoms with E-state index < -0.39 is 0 Å². The summed E-state index contributed by atoms with van der Waals surface area (Å²) in [6.07, 6.45) is 12.2. The second kappa shape index (κ2) is 15.5. The second-order valence-electron chi connectivity index (χ2n) is 13.6. The van der Waals surface area contributed by atoms with E-state index in [9.17, 15) is 0 Å². The van der Waals surface area contributed by atoms with E-state index in [2.05, 4.69) is 110 Å². The van der Waals surface area contributed by atoms with Crippen molar-refractivity contribution < 1.29 is 24.5 Å². The molecule has 4 aromatic carbocycles. The van der Waals surface area contributed by atoms with Gasteiger partial charge >= 0.3 is 0 Å². The molecule has 0 bridgehead atoms. The van der Waals surface area contributed by atoms with Crippen LogP contribution in [0.2, 0.25) is 0 Å². The van der Waals surface area contributed by atoms with Crippen molar-refractivity contribution in [2.75, 3.05) is 0 Å². The summed E-state index contributed by atoms with van der Waals surface area (Å²) in [6.45, 7) is 6.67. The van der Waals surface area contributed by atoms with Gasteiger partial charge in [0.2, 0.25) is 0 Å². The molecule has 4 heteroatoms. The minimum Gasteiger partial charge on any atom is -0.501 e. The minimum absolute atomic E-state index is 0. The summed E-state index contributed by atoms with van der Waals surface area (Å²) in [5.41, 5.74) is 10.8. The zero-order valence-electron chi connectivity index (χ0n) is 28.5. The standard InChI is InChI=1S/C26H20NO.C19H22N.Ir/c1-26(2,18-9-4-3-5-10-18)19-15-16-27-23(17-19)22-13-8-12-21-20-11-6-7-14-24(20)28-25(21)22;1-15-14-20-19(17-10-6-3-7-11-17)13-18(15)12-16-8-4-2-5-9-16;/h3-12,14-17H,1-2H3;3,6-7,10,13-14,16H,2,4-5,8-9,12H2,1H3;/q2*-1;. The van der Waals surface area contributed by atoms with E-state index in [0.717, 1.165) is 50.4 Å². The molecular formula is C45H42IrN2O-2. The van der Waals surface area contributed by atoms with Gasteiger partial charge in [-0.3, -0.25) is 0 Å². The monoisotopic (exact) mass is 819 g/mol. The summed E-state index contributed by atoms with van der Waals surface area (Å²) >= 11 is 0. The number of rotatable bonds is 6. The van der Waals surface area contributed by atoms with Gasteiger partial charge in [-0.05, 0) is 59.5 Å². The van der Waals surface area contributed by atoms with Gasteiger partial charge in [-0.15, -0.1) is 54.1 Å². The maximum absolute atomic E-state index is 6.18. The van der Waals surface area contributed by atoms with Crippen molar-refractivity contribution in [3.05, 3.63) is 156 Å². The third-order valence-electron chi connectivity index (χ3n) is 10.0. The molecule has 3 heterocycles. The topological polar surface area (TPSA) is 38.9 Å². The molecule has 1 radical (unpaired) electrons. The fourth-order valence-electron chi connectivity index (χ4n) is 7.05. The van der Waals surface area contributed by atoms with Gasteiger partial charge in [0.05, 0.1) is 5.58 Å². The molecule has 0 atom stereocenters. The fraction of sp³-hybridized carbons (Fsp3) is 0.244. The third-order valence-corrected chi connectivity index (χ3v) is 10.0. The Kier molecular flexibility index (Phi) is 10.9. The minimum atomic E-state index is -0.124. The maximum Gasteiger partial charge on any atom is 0.120 e. The van der Waals surface area contributed by atoms with Crippen LogP contribution in [0.15, 0.2) is 126 Å². The quantitative estimate of drug-likeness (QED) is 0.157. The SMILES string of the molecule is CC(C)(c1ccccc1)c1ccnc(-c2[c-]ccc3c2oc2ccccc23)c1.Cc1cnc(-c2[c-]cccc2)cc1CC1CCCCC1.[Ir]. The number of hydrogen-bond donors (Lipinski definition) is 0. The van der Waals surface area contributed by atoms with Crippen molar-refractivity contribution in [3.8, 4) is 22.5 Å². The largest absolute Gasteiger partial charge is 0.501 e. The third kappa shape index (κ3) is 7.62. The number of nitrogens with zero attached hydrogens (tertiary/aromatic N) is 2. The summed E-state index contributed by atoms with van der Waals surface area (Å²) < 4.78 is 6.18. The number of benzene rings is 4. The number of hydrogen-bond acceptors (Lipinski definition) is 3. The predicted molar refractivity (Wildman–Crippen MR) is 198 cm³/mol. The van der Waals surface area contributed by atoms with Crippen LogP contribution in [0.3, 0.4) is 0 Å². The van der Waals surface area contributed by atoms with Crippen molar-refractivity contribution in [3.63, 3.8) is 0 Å². The van der Waals surface area contributed by atoms with E-state index >= 15 is 0 Å². The zero-order valence-corrected chi connectivity index (χ0v) is 30.9. The van der Waals surface area contributed by atoms with Crippen molar-refractivity contribution in [2.45, 2.75) is 64.7 Å². The molecule has 1 aliphatic rings. The first-order chi connectivity index (χ1) is 23.5. The Balaban J connectivity index is 0.000000176. The Bertz CT molecular complexity index is 2130. The summed E-state index contributed by atoms with van der Waals surface area (Å²) in [5.74, 6) is 0.873. The molecule has 1 aliphatic carbocycles. The Morgan fingerprint density at radius 2 is 1.51 bits per heavy atom. The van der Waals surface area contributed by atoms with Gasteiger partial charge in [0, 0.05) is 43.3 Å². The van der Waals surface area contributed by atoms with Crippen LogP contribution in [0.4, 0.5) is 0 Å². The Hall–Kier alpha value is -4.37. The maximum atomic E-state index is 6.18. The van der Waals surface area contributed by atoms with E-state index in [1.165, 1.54) is 60.8 Å². The van der Waals surface area contributed by atoms with E-state index in [1.807, 2.05) is 54.9 Å². The van der Waals surface area contributed by atoms with Gasteiger partial charge in [0.15, 0.2) is 0 Å². The van der Waals surface area contributed by atoms with Gasteiger partial charge in [-0.25, -0.2) is 0 Å². The average Bonchev–Trinajstić information content (AvgIpc) is 3.53. The van der Waals surface area contributed by atoms with E-state index in [-0.39, 0.29) is 25.5 Å². The molecule has 249 valence electrons. The summed E-state index contributed by atoms with van der Waals surface area (Å²) in [6, 6.07) is 43.9. The van der Waals surface area contributed by atoms with Gasteiger partial charge in [-0.1, -0.05) is 123 Å². The van der Waals surface area contributed by atoms with Crippen LogP contribution < -0.4 is 0 Å². The first-order valence-corrected chi connectivity index (χ1v) is 17.2. The first-order valence-electron chi connectivity index (χ1n) is 17.2. The molecule has 0 amide bonds. The molecule has 0 spiro atoms. The summed E-state index contributed by atoms with van der Waals surface area (Å²) in [7, 11) is 0. The summed E-state index contributed by atoms with van der Waals surface area (Å²) in [5, 5.41) is 2.22. The van der Waals surface area contributed by atoms with Crippen LogP contribution in [0.1, 0.15) is 68.2 Å². The van der Waals surface area contributed by atoms with E-state index in [0.29, 0.717) is 0 Å². The molecule has 1 saturated carbocycles. The molecule has 49 heavy (non-hydrogen) atoms. The molecule has 1 fully saturated rings. The van der Waals surface area contributed by atoms with E-state index in [1.54, 1.807) is 0 Å². The number of fused-ring (bicyclic) bond motifs is 3. The number of furan rings is 1. The Morgan fingerprint density at radius 3 is 2.31 bits per heavy atom. The number of aryl methyl sites for hydroxylation is 1. The molecule has 0 aliphatic heterocycles. The molecule has 8 rings (SSSR count). The van der Waals surface area contributed by atoms with E-state index in [4.69, 9.17) is 4.42 Å². The van der Waals surface area contributed by atoms with Gasteiger partial charge in [0.25, 0.3) is 0 Å². The average molecular weight is 819 g/mol. The Labute approximate surface area is 304 Å². The van der Waals surface area contributed by atoms with Gasteiger partial charge in [0.1, 0.15) is 5.58 Å². The first kappa shape index (κ1) is 34.5. The normalized spacial score (nSPS) is 13.4. The molecule has 3 nitrogen and oxygen atoms in total. The predicted octanol–water partition coefficient (Wildman–Crippen LogP) is 11.8. The molecular weight excluding hydrogens is 777 g/mol. The van der Waals surface area contributed by atoms with Crippen LogP contribution in [-0.2, 0) is 31.9 Å². The Morgan fingerprint density at radius 1 is 0.735 bits per heavy atom. The van der Waals surface area contributed by atoms with Crippen molar-refractivity contribution in [1.29, 1.82) is 0 Å². The van der Waals surface area contributed by atoms with Crippen LogP contribution in [0, 0.1) is 25.0 Å². The fourth-order valence-corrected chi connectivity index (χ4v) is 7.05. The van der Waals surface area contributed by atoms with Crippen LogP contribution in [0.5, 0.6) is 0 Å². The molecule has 3 aromatic heterocycles. The second-order valence-corrected chi connectivity index (χ2v) is 13.6. The number of aromatic nitrogens is 2. The van der Waals surface area contributed by atoms with Crippen LogP contribution in [-0.4, -0.2) is 9.97 Å². The zero-order chi connectivity index (χ0) is 32.9. The van der Waals surface area contributed by atoms with Crippen LogP contribution >= 0.6 is 0 Å². The van der Waals surface area contributed by atoms with Crippen LogP contribution in [0.25, 0.3) is 44.5 Å². The van der Waals surface area contributed by atoms with Crippen molar-refractivity contribution in [1.82, 2.24) is 9.97 Å². The number of pyridine rings is 2. The smallest absolute Gasteiger partial charge is 0.120 e. The van der Waals surface area contributed by atoms with Crippen molar-refractivity contribution >= 4 is 21.9 Å². The molecule has 7 aromatic rings. The van der Waals surface area contributed by atoms with Gasteiger partial charge < -0.3 is 14.4 Å².